The summed E-state index contributed by atoms with van der Waals surface area (Å²) >= 11 is 0. The van der Waals surface area contributed by atoms with Gasteiger partial charge in [-0.2, -0.15) is 0 Å². The summed E-state index contributed by atoms with van der Waals surface area (Å²) in [4.78, 5) is 24.5. The zero-order valence-electron chi connectivity index (χ0n) is 17.2. The van der Waals surface area contributed by atoms with Gasteiger partial charge in [0.1, 0.15) is 0 Å². The molecule has 0 spiro atoms. The van der Waals surface area contributed by atoms with E-state index < -0.39 is 0 Å². The second-order valence-corrected chi connectivity index (χ2v) is 8.13. The van der Waals surface area contributed by atoms with Crippen LogP contribution in [0.5, 0.6) is 0 Å². The molecule has 2 aliphatic rings. The first-order chi connectivity index (χ1) is 13.7. The molecule has 0 N–H and O–H groups in total. The average molecular weight is 381 g/mol. The molecule has 5 nitrogen and oxygen atoms in total. The molecule has 0 radical (unpaired) electrons. The standard InChI is InChI=1S/C23H32N4O/c1-3-8-19-17-22(20-9-4-5-10-21(20)24-19)26-15-13-25(14-16-26)18(2)23(28)27-11-6-7-12-27/h4-5,9-10,17-18H,3,6-8,11-16H2,1-2H3. The van der Waals surface area contributed by atoms with E-state index in [1.165, 1.54) is 16.8 Å². The van der Waals surface area contributed by atoms with Crippen LogP contribution in [0.2, 0.25) is 0 Å². The number of benzene rings is 1. The molecule has 0 aliphatic carbocycles. The molecule has 2 fully saturated rings. The smallest absolute Gasteiger partial charge is 0.239 e. The molecular formula is C23H32N4O. The number of carbonyl (C=O) groups is 1. The Morgan fingerprint density at radius 1 is 1.07 bits per heavy atom. The lowest BCUT2D eigenvalue weighted by Gasteiger charge is -2.39. The van der Waals surface area contributed by atoms with Crippen molar-refractivity contribution in [3.63, 3.8) is 0 Å². The minimum atomic E-state index is -0.00918. The molecule has 0 saturated carbocycles. The Morgan fingerprint density at radius 3 is 2.50 bits per heavy atom. The van der Waals surface area contributed by atoms with Crippen LogP contribution in [0.15, 0.2) is 30.3 Å². The minimum absolute atomic E-state index is 0.00918. The van der Waals surface area contributed by atoms with Crippen LogP contribution in [0.25, 0.3) is 10.9 Å². The van der Waals surface area contributed by atoms with Crippen molar-refractivity contribution in [3.05, 3.63) is 36.0 Å². The summed E-state index contributed by atoms with van der Waals surface area (Å²) < 4.78 is 0. The number of fused-ring (bicyclic) bond motifs is 1. The van der Waals surface area contributed by atoms with Crippen molar-refractivity contribution < 1.29 is 4.79 Å². The van der Waals surface area contributed by atoms with Gasteiger partial charge < -0.3 is 9.80 Å². The monoisotopic (exact) mass is 380 g/mol. The van der Waals surface area contributed by atoms with Gasteiger partial charge in [0, 0.05) is 56.0 Å². The summed E-state index contributed by atoms with van der Waals surface area (Å²) in [5.41, 5.74) is 3.56. The van der Waals surface area contributed by atoms with Crippen molar-refractivity contribution in [1.29, 1.82) is 0 Å². The van der Waals surface area contributed by atoms with Crippen molar-refractivity contribution in [1.82, 2.24) is 14.8 Å². The number of pyridine rings is 1. The van der Waals surface area contributed by atoms with Crippen molar-refractivity contribution in [3.8, 4) is 0 Å². The largest absolute Gasteiger partial charge is 0.368 e. The maximum absolute atomic E-state index is 12.7. The summed E-state index contributed by atoms with van der Waals surface area (Å²) in [6.07, 6.45) is 4.43. The molecule has 1 aromatic carbocycles. The van der Waals surface area contributed by atoms with Crippen LogP contribution in [-0.4, -0.2) is 66.0 Å². The van der Waals surface area contributed by atoms with Crippen molar-refractivity contribution in [2.45, 2.75) is 45.6 Å². The Balaban J connectivity index is 1.48. The zero-order valence-corrected chi connectivity index (χ0v) is 17.2. The van der Waals surface area contributed by atoms with Crippen LogP contribution in [0.4, 0.5) is 5.69 Å². The molecule has 1 aromatic heterocycles. The molecule has 5 heteroatoms. The van der Waals surface area contributed by atoms with Crippen molar-refractivity contribution in [2.24, 2.45) is 0 Å². The number of aryl methyl sites for hydroxylation is 1. The first-order valence-corrected chi connectivity index (χ1v) is 10.8. The predicted molar refractivity (Wildman–Crippen MR) is 115 cm³/mol. The highest BCUT2D eigenvalue weighted by Crippen LogP contribution is 2.28. The van der Waals surface area contributed by atoms with Crippen LogP contribution in [0.3, 0.4) is 0 Å². The second-order valence-electron chi connectivity index (χ2n) is 8.13. The van der Waals surface area contributed by atoms with Gasteiger partial charge in [0.25, 0.3) is 0 Å². The van der Waals surface area contributed by atoms with Gasteiger partial charge >= 0.3 is 0 Å². The quantitative estimate of drug-likeness (QED) is 0.798. The molecule has 0 bridgehead atoms. The van der Waals surface area contributed by atoms with Crippen molar-refractivity contribution >= 4 is 22.5 Å². The van der Waals surface area contributed by atoms with E-state index in [-0.39, 0.29) is 6.04 Å². The first-order valence-electron chi connectivity index (χ1n) is 10.8. The van der Waals surface area contributed by atoms with Crippen LogP contribution in [0.1, 0.15) is 38.8 Å². The lowest BCUT2D eigenvalue weighted by molar-refractivity contribution is -0.135. The summed E-state index contributed by atoms with van der Waals surface area (Å²) in [6.45, 7) is 9.93. The Hall–Kier alpha value is -2.14. The second kappa shape index (κ2) is 8.48. The van der Waals surface area contributed by atoms with Crippen LogP contribution >= 0.6 is 0 Å². The molecule has 150 valence electrons. The number of aromatic nitrogens is 1. The van der Waals surface area contributed by atoms with Gasteiger partial charge in [-0.1, -0.05) is 31.5 Å². The van der Waals surface area contributed by atoms with Crippen LogP contribution < -0.4 is 4.90 Å². The molecular weight excluding hydrogens is 348 g/mol. The normalized spacial score (nSPS) is 19.4. The third-order valence-electron chi connectivity index (χ3n) is 6.23. The number of hydrogen-bond donors (Lipinski definition) is 0. The molecule has 28 heavy (non-hydrogen) atoms. The van der Waals surface area contributed by atoms with Gasteiger partial charge in [0.15, 0.2) is 0 Å². The van der Waals surface area contributed by atoms with E-state index >= 15 is 0 Å². The number of nitrogens with zero attached hydrogens (tertiary/aromatic N) is 4. The Morgan fingerprint density at radius 2 is 1.79 bits per heavy atom. The van der Waals surface area contributed by atoms with Crippen molar-refractivity contribution in [2.75, 3.05) is 44.2 Å². The zero-order chi connectivity index (χ0) is 19.5. The lowest BCUT2D eigenvalue weighted by atomic mass is 10.1. The van der Waals surface area contributed by atoms with Crippen LogP contribution in [0, 0.1) is 0 Å². The van der Waals surface area contributed by atoms with E-state index in [1.807, 2.05) is 4.90 Å². The maximum Gasteiger partial charge on any atom is 0.239 e. The highest BCUT2D eigenvalue weighted by molar-refractivity contribution is 5.92. The molecule has 1 unspecified atom stereocenters. The van der Waals surface area contributed by atoms with Gasteiger partial charge in [0.2, 0.25) is 5.91 Å². The Bertz CT molecular complexity index is 822. The molecule has 1 atom stereocenters. The molecule has 4 rings (SSSR count). The van der Waals surface area contributed by atoms with E-state index in [0.717, 1.165) is 70.5 Å². The van der Waals surface area contributed by atoms with Gasteiger partial charge in [-0.25, -0.2) is 0 Å². The number of piperazine rings is 1. The molecule has 2 aliphatic heterocycles. The summed E-state index contributed by atoms with van der Waals surface area (Å²) in [7, 11) is 0. The summed E-state index contributed by atoms with van der Waals surface area (Å²) in [5, 5.41) is 1.23. The first kappa shape index (κ1) is 19.2. The number of anilines is 1. The van der Waals surface area contributed by atoms with Gasteiger partial charge in [-0.15, -0.1) is 0 Å². The lowest BCUT2D eigenvalue weighted by Crippen LogP contribution is -2.54. The number of para-hydroxylation sites is 1. The van der Waals surface area contributed by atoms with Gasteiger partial charge in [-0.3, -0.25) is 14.7 Å². The average Bonchev–Trinajstić information content (AvgIpc) is 3.27. The maximum atomic E-state index is 12.7. The fourth-order valence-corrected chi connectivity index (χ4v) is 4.56. The van der Waals surface area contributed by atoms with Crippen LogP contribution in [-0.2, 0) is 11.2 Å². The summed E-state index contributed by atoms with van der Waals surface area (Å²) in [6, 6.07) is 10.7. The molecule has 3 heterocycles. The van der Waals surface area contributed by atoms with Gasteiger partial charge in [0.05, 0.1) is 11.6 Å². The number of likely N-dealkylation sites (tertiary alicyclic amines) is 1. The van der Waals surface area contributed by atoms with Gasteiger partial charge in [-0.05, 0) is 38.3 Å². The number of rotatable bonds is 5. The molecule has 2 aromatic rings. The Kier molecular flexibility index (Phi) is 5.81. The Labute approximate surface area is 168 Å². The van der Waals surface area contributed by atoms with E-state index in [9.17, 15) is 4.79 Å². The molecule has 2 saturated heterocycles. The topological polar surface area (TPSA) is 39.7 Å². The fraction of sp³-hybridized carbons (Fsp3) is 0.565. The number of carbonyl (C=O) groups excluding carboxylic acids is 1. The third-order valence-corrected chi connectivity index (χ3v) is 6.23. The SMILES string of the molecule is CCCc1cc(N2CCN(C(C)C(=O)N3CCCC3)CC2)c2ccccc2n1. The predicted octanol–water partition coefficient (Wildman–Crippen LogP) is 3.32. The van der Waals surface area contributed by atoms with E-state index in [1.54, 1.807) is 0 Å². The summed E-state index contributed by atoms with van der Waals surface area (Å²) in [5.74, 6) is 0.311. The minimum Gasteiger partial charge on any atom is -0.368 e. The molecule has 1 amide bonds. The number of amides is 1. The fourth-order valence-electron chi connectivity index (χ4n) is 4.56. The van der Waals surface area contributed by atoms with E-state index in [4.69, 9.17) is 4.98 Å². The van der Waals surface area contributed by atoms with E-state index in [2.05, 4.69) is 54.0 Å². The highest BCUT2D eigenvalue weighted by atomic mass is 16.2. The number of hydrogen-bond acceptors (Lipinski definition) is 4. The highest BCUT2D eigenvalue weighted by Gasteiger charge is 2.30. The van der Waals surface area contributed by atoms with E-state index in [0.29, 0.717) is 5.91 Å². The third kappa shape index (κ3) is 3.86.